The van der Waals surface area contributed by atoms with Gasteiger partial charge in [0.05, 0.1) is 25.8 Å². The van der Waals surface area contributed by atoms with Gasteiger partial charge in [-0.15, -0.1) is 0 Å². The summed E-state index contributed by atoms with van der Waals surface area (Å²) in [6.45, 7) is 4.05. The van der Waals surface area contributed by atoms with E-state index in [1.165, 1.54) is 6.33 Å². The lowest BCUT2D eigenvalue weighted by Gasteiger charge is -2.33. The predicted molar refractivity (Wildman–Crippen MR) is 120 cm³/mol. The lowest BCUT2D eigenvalue weighted by molar-refractivity contribution is -0.125. The van der Waals surface area contributed by atoms with E-state index in [0.717, 1.165) is 54.7 Å². The average Bonchev–Trinajstić information content (AvgIpc) is 3.27. The number of aryl methyl sites for hydroxylation is 1. The molecule has 3 aromatic rings. The summed E-state index contributed by atoms with van der Waals surface area (Å²) >= 11 is 0. The van der Waals surface area contributed by atoms with Crippen LogP contribution < -0.4 is 19.7 Å². The standard InChI is InChI=1S/C23H29N5O4/c1-4-17-20-21(25-14-26-23(20)32-27-17)28-11-5-6-16(13-28)22(29)24-10-9-15-7-8-18(30-2)19(12-15)31-3/h7-8,12,14,16H,4-6,9-11,13H2,1-3H3,(H,24,29)/t16-/m0/s1. The highest BCUT2D eigenvalue weighted by atomic mass is 16.5. The molecule has 1 N–H and O–H groups in total. The molecule has 170 valence electrons. The number of carbonyl (C=O) groups excluding carboxylic acids is 1. The van der Waals surface area contributed by atoms with Gasteiger partial charge in [0.1, 0.15) is 17.5 Å². The largest absolute Gasteiger partial charge is 0.493 e. The van der Waals surface area contributed by atoms with Gasteiger partial charge in [0.25, 0.3) is 5.71 Å². The maximum absolute atomic E-state index is 12.9. The number of ether oxygens (including phenoxy) is 2. The van der Waals surface area contributed by atoms with Gasteiger partial charge in [-0.1, -0.05) is 18.1 Å². The lowest BCUT2D eigenvalue weighted by Crippen LogP contribution is -2.44. The number of amides is 1. The fourth-order valence-corrected chi connectivity index (χ4v) is 4.20. The van der Waals surface area contributed by atoms with Crippen LogP contribution in [-0.2, 0) is 17.6 Å². The Morgan fingerprint density at radius 1 is 1.25 bits per heavy atom. The van der Waals surface area contributed by atoms with Crippen LogP contribution in [0.1, 0.15) is 31.0 Å². The molecular weight excluding hydrogens is 410 g/mol. The molecule has 32 heavy (non-hydrogen) atoms. The Labute approximate surface area is 187 Å². The molecule has 0 radical (unpaired) electrons. The van der Waals surface area contributed by atoms with Gasteiger partial charge >= 0.3 is 0 Å². The summed E-state index contributed by atoms with van der Waals surface area (Å²) < 4.78 is 16.0. The minimum atomic E-state index is -0.0934. The normalized spacial score (nSPS) is 16.2. The van der Waals surface area contributed by atoms with Gasteiger partial charge in [-0.05, 0) is 43.4 Å². The molecule has 9 nitrogen and oxygen atoms in total. The number of nitrogens with zero attached hydrogens (tertiary/aromatic N) is 4. The van der Waals surface area contributed by atoms with Crippen LogP contribution in [0.15, 0.2) is 29.0 Å². The van der Waals surface area contributed by atoms with E-state index in [4.69, 9.17) is 14.0 Å². The second-order valence-corrected chi connectivity index (χ2v) is 7.88. The Kier molecular flexibility index (Phi) is 6.72. The average molecular weight is 440 g/mol. The second-order valence-electron chi connectivity index (χ2n) is 7.88. The molecule has 1 amide bonds. The van der Waals surface area contributed by atoms with Crippen molar-refractivity contribution in [3.8, 4) is 11.5 Å². The van der Waals surface area contributed by atoms with Crippen LogP contribution >= 0.6 is 0 Å². The lowest BCUT2D eigenvalue weighted by atomic mass is 9.96. The quantitative estimate of drug-likeness (QED) is 0.572. The number of benzene rings is 1. The van der Waals surface area contributed by atoms with Crippen LogP contribution in [0, 0.1) is 5.92 Å². The molecule has 1 saturated heterocycles. The van der Waals surface area contributed by atoms with E-state index in [-0.39, 0.29) is 11.8 Å². The van der Waals surface area contributed by atoms with Crippen molar-refractivity contribution in [2.45, 2.75) is 32.6 Å². The molecular formula is C23H29N5O4. The molecule has 1 aromatic carbocycles. The van der Waals surface area contributed by atoms with Crippen molar-refractivity contribution >= 4 is 22.8 Å². The van der Waals surface area contributed by atoms with Crippen LogP contribution in [0.25, 0.3) is 11.1 Å². The Morgan fingerprint density at radius 3 is 2.88 bits per heavy atom. The highest BCUT2D eigenvalue weighted by Crippen LogP contribution is 2.30. The van der Waals surface area contributed by atoms with E-state index in [9.17, 15) is 4.79 Å². The molecule has 0 saturated carbocycles. The van der Waals surface area contributed by atoms with Gasteiger partial charge in [0.15, 0.2) is 11.5 Å². The molecule has 0 spiro atoms. The summed E-state index contributed by atoms with van der Waals surface area (Å²) in [4.78, 5) is 23.7. The SMILES string of the molecule is CCc1noc2ncnc(N3CCC[C@H](C(=O)NCCc4ccc(OC)c(OC)c4)C3)c12. The number of piperidine rings is 1. The molecule has 2 aromatic heterocycles. The van der Waals surface area contributed by atoms with Gasteiger partial charge in [0, 0.05) is 19.6 Å². The maximum Gasteiger partial charge on any atom is 0.263 e. The van der Waals surface area contributed by atoms with Crippen LogP contribution in [0.5, 0.6) is 11.5 Å². The van der Waals surface area contributed by atoms with Crippen LogP contribution in [0.3, 0.4) is 0 Å². The molecule has 0 bridgehead atoms. The highest BCUT2D eigenvalue weighted by molar-refractivity contribution is 5.88. The van der Waals surface area contributed by atoms with Crippen molar-refractivity contribution in [3.05, 3.63) is 35.8 Å². The Balaban J connectivity index is 1.38. The van der Waals surface area contributed by atoms with E-state index in [1.54, 1.807) is 14.2 Å². The van der Waals surface area contributed by atoms with Crippen LogP contribution in [0.2, 0.25) is 0 Å². The molecule has 1 aliphatic rings. The minimum Gasteiger partial charge on any atom is -0.493 e. The van der Waals surface area contributed by atoms with Crippen molar-refractivity contribution < 1.29 is 18.8 Å². The van der Waals surface area contributed by atoms with E-state index in [0.29, 0.717) is 30.3 Å². The topological polar surface area (TPSA) is 103 Å². The number of hydrogen-bond acceptors (Lipinski definition) is 8. The highest BCUT2D eigenvalue weighted by Gasteiger charge is 2.28. The molecule has 3 heterocycles. The first-order chi connectivity index (χ1) is 15.6. The van der Waals surface area contributed by atoms with Crippen molar-refractivity contribution in [1.29, 1.82) is 0 Å². The van der Waals surface area contributed by atoms with Crippen LogP contribution in [0.4, 0.5) is 5.82 Å². The van der Waals surface area contributed by atoms with Crippen molar-refractivity contribution in [1.82, 2.24) is 20.4 Å². The minimum absolute atomic E-state index is 0.0708. The number of aromatic nitrogens is 3. The van der Waals surface area contributed by atoms with E-state index in [2.05, 4.69) is 25.3 Å². The first-order valence-corrected chi connectivity index (χ1v) is 11.0. The Morgan fingerprint density at radius 2 is 2.09 bits per heavy atom. The first-order valence-electron chi connectivity index (χ1n) is 11.0. The third-order valence-electron chi connectivity index (χ3n) is 5.91. The molecule has 9 heteroatoms. The fraction of sp³-hybridized carbons (Fsp3) is 0.478. The van der Waals surface area contributed by atoms with E-state index >= 15 is 0 Å². The summed E-state index contributed by atoms with van der Waals surface area (Å²) in [6, 6.07) is 5.81. The van der Waals surface area contributed by atoms with Crippen molar-refractivity contribution in [2.24, 2.45) is 5.92 Å². The van der Waals surface area contributed by atoms with Gasteiger partial charge in [0.2, 0.25) is 5.91 Å². The number of methoxy groups -OCH3 is 2. The number of anilines is 1. The van der Waals surface area contributed by atoms with Gasteiger partial charge in [-0.2, -0.15) is 4.98 Å². The number of hydrogen-bond donors (Lipinski definition) is 1. The fourth-order valence-electron chi connectivity index (χ4n) is 4.20. The van der Waals surface area contributed by atoms with Gasteiger partial charge < -0.3 is 24.2 Å². The second kappa shape index (κ2) is 9.84. The van der Waals surface area contributed by atoms with Gasteiger partial charge in [-0.25, -0.2) is 4.98 Å². The maximum atomic E-state index is 12.9. The van der Waals surface area contributed by atoms with Crippen molar-refractivity contribution in [3.63, 3.8) is 0 Å². The number of rotatable bonds is 8. The molecule has 1 aliphatic heterocycles. The molecule has 0 unspecified atom stereocenters. The monoisotopic (exact) mass is 439 g/mol. The summed E-state index contributed by atoms with van der Waals surface area (Å²) in [7, 11) is 3.23. The van der Waals surface area contributed by atoms with E-state index < -0.39 is 0 Å². The van der Waals surface area contributed by atoms with Gasteiger partial charge in [-0.3, -0.25) is 4.79 Å². The molecule has 4 rings (SSSR count). The smallest absolute Gasteiger partial charge is 0.263 e. The number of carbonyl (C=O) groups is 1. The third-order valence-corrected chi connectivity index (χ3v) is 5.91. The van der Waals surface area contributed by atoms with Crippen LogP contribution in [-0.4, -0.2) is 54.9 Å². The number of nitrogens with one attached hydrogen (secondary N) is 1. The van der Waals surface area contributed by atoms with E-state index in [1.807, 2.05) is 25.1 Å². The Hall–Kier alpha value is -3.36. The summed E-state index contributed by atoms with van der Waals surface area (Å²) in [5, 5.41) is 8.06. The summed E-state index contributed by atoms with van der Waals surface area (Å²) in [5.74, 6) is 2.16. The molecule has 1 fully saturated rings. The zero-order valence-electron chi connectivity index (χ0n) is 18.8. The third kappa shape index (κ3) is 4.46. The molecule has 0 aliphatic carbocycles. The Bertz CT molecular complexity index is 1080. The van der Waals surface area contributed by atoms with Crippen molar-refractivity contribution in [2.75, 3.05) is 38.8 Å². The zero-order chi connectivity index (χ0) is 22.5. The molecule has 1 atom stereocenters. The predicted octanol–water partition coefficient (Wildman–Crippen LogP) is 2.77. The zero-order valence-corrected chi connectivity index (χ0v) is 18.8. The summed E-state index contributed by atoms with van der Waals surface area (Å²) in [6.07, 6.45) is 4.73. The number of fused-ring (bicyclic) bond motifs is 1. The first kappa shape index (κ1) is 21.9. The summed E-state index contributed by atoms with van der Waals surface area (Å²) in [5.41, 5.74) is 2.42.